The number of hydrogen-bond donors (Lipinski definition) is 1. The van der Waals surface area contributed by atoms with Crippen LogP contribution in [0.5, 0.6) is 11.5 Å². The zero-order valence-corrected chi connectivity index (χ0v) is 37.9. The Bertz CT molecular complexity index is 2410. The van der Waals surface area contributed by atoms with Crippen LogP contribution < -0.4 is 20.3 Å². The second kappa shape index (κ2) is 19.5. The molecule has 2 aromatic carbocycles. The smallest absolute Gasteiger partial charge is 0.289 e. The van der Waals surface area contributed by atoms with Crippen LogP contribution in [0.25, 0.3) is 21.9 Å². The highest BCUT2D eigenvalue weighted by atomic mass is 19.3. The van der Waals surface area contributed by atoms with E-state index in [0.29, 0.717) is 53.1 Å². The van der Waals surface area contributed by atoms with E-state index in [0.717, 1.165) is 67.7 Å². The minimum atomic E-state index is -3.12. The van der Waals surface area contributed by atoms with E-state index in [-0.39, 0.29) is 40.8 Å². The number of amides is 3. The van der Waals surface area contributed by atoms with Crippen molar-refractivity contribution in [1.29, 1.82) is 0 Å². The van der Waals surface area contributed by atoms with Crippen molar-refractivity contribution >= 4 is 28.5 Å². The molecule has 3 fully saturated rings. The molecule has 64 heavy (non-hydrogen) atoms. The van der Waals surface area contributed by atoms with E-state index in [1.807, 2.05) is 18.2 Å². The standard InChI is InChI=1S/C51H63F2N5O6/c1-5-51(52,53)46-27-39-40(28-54-46)49(61)56(2)30-41(39)36-25-44(63-3)42(45(26-36)64-4)31-57-22-20-33(21-23-57)9-7-6-8-32-10-12-34(13-11-32)14-15-35-16-17-38-37(24-35)29-58(50(38)62)43-18-19-47(59)55-48(43)60/h16-17,24-28,30,32-34,43H,5-15,18-23,29,31H2,1-4H3,(H,55,59,60). The predicted molar refractivity (Wildman–Crippen MR) is 242 cm³/mol. The Kier molecular flexibility index (Phi) is 13.8. The first-order valence-electron chi connectivity index (χ1n) is 23.5. The van der Waals surface area contributed by atoms with Crippen LogP contribution in [0, 0.1) is 17.8 Å². The van der Waals surface area contributed by atoms with E-state index >= 15 is 0 Å². The number of likely N-dealkylation sites (tertiary alicyclic amines) is 1. The molecule has 4 aliphatic rings. The largest absolute Gasteiger partial charge is 0.496 e. The van der Waals surface area contributed by atoms with Crippen molar-refractivity contribution in [3.63, 3.8) is 0 Å². The number of piperidine rings is 2. The molecule has 342 valence electrons. The molecular weight excluding hydrogens is 817 g/mol. The molecule has 2 aromatic heterocycles. The van der Waals surface area contributed by atoms with Crippen molar-refractivity contribution in [1.82, 2.24) is 24.7 Å². The molecule has 2 saturated heterocycles. The van der Waals surface area contributed by atoms with Gasteiger partial charge in [-0.2, -0.15) is 8.78 Å². The lowest BCUT2D eigenvalue weighted by molar-refractivity contribution is -0.136. The summed E-state index contributed by atoms with van der Waals surface area (Å²) in [5, 5.41) is 3.07. The Morgan fingerprint density at radius 3 is 2.11 bits per heavy atom. The number of alkyl halides is 2. The molecule has 5 heterocycles. The van der Waals surface area contributed by atoms with Crippen molar-refractivity contribution in [3.05, 3.63) is 87.1 Å². The van der Waals surface area contributed by atoms with Crippen molar-refractivity contribution in [2.24, 2.45) is 24.8 Å². The van der Waals surface area contributed by atoms with E-state index in [4.69, 9.17) is 9.47 Å². The molecule has 11 nitrogen and oxygen atoms in total. The van der Waals surface area contributed by atoms with E-state index in [9.17, 15) is 28.0 Å². The first-order valence-corrected chi connectivity index (χ1v) is 23.5. The van der Waals surface area contributed by atoms with E-state index in [2.05, 4.69) is 27.3 Å². The predicted octanol–water partition coefficient (Wildman–Crippen LogP) is 9.09. The van der Waals surface area contributed by atoms with Crippen molar-refractivity contribution < 1.29 is 32.6 Å². The van der Waals surface area contributed by atoms with E-state index < -0.39 is 18.4 Å². The summed E-state index contributed by atoms with van der Waals surface area (Å²) in [5.41, 5.74) is 4.53. The highest BCUT2D eigenvalue weighted by molar-refractivity contribution is 6.05. The quantitative estimate of drug-likeness (QED) is 0.0874. The molecule has 3 aliphatic heterocycles. The van der Waals surface area contributed by atoms with Gasteiger partial charge in [0.05, 0.1) is 25.2 Å². The van der Waals surface area contributed by atoms with Crippen LogP contribution >= 0.6 is 0 Å². The number of aryl methyl sites for hydroxylation is 2. The van der Waals surface area contributed by atoms with Crippen LogP contribution in [-0.2, 0) is 42.1 Å². The van der Waals surface area contributed by atoms with Crippen LogP contribution in [-0.4, -0.2) is 70.4 Å². The summed E-state index contributed by atoms with van der Waals surface area (Å²) in [5.74, 6) is -0.269. The van der Waals surface area contributed by atoms with Crippen molar-refractivity contribution in [2.75, 3.05) is 27.3 Å². The van der Waals surface area contributed by atoms with Crippen LogP contribution in [0.2, 0.25) is 0 Å². The summed E-state index contributed by atoms with van der Waals surface area (Å²) in [7, 11) is 4.91. The number of nitrogens with zero attached hydrogens (tertiary/aromatic N) is 4. The Morgan fingerprint density at radius 2 is 1.47 bits per heavy atom. The maximum absolute atomic E-state index is 14.8. The normalized spacial score (nSPS) is 21.1. The molecular formula is C51H63F2N5O6. The van der Waals surface area contributed by atoms with Gasteiger partial charge in [0, 0.05) is 61.9 Å². The number of fused-ring (bicyclic) bond motifs is 2. The van der Waals surface area contributed by atoms with Gasteiger partial charge in [-0.25, -0.2) is 0 Å². The molecule has 1 N–H and O–H groups in total. The van der Waals surface area contributed by atoms with Gasteiger partial charge in [0.25, 0.3) is 17.4 Å². The van der Waals surface area contributed by atoms with Crippen LogP contribution in [0.15, 0.2) is 53.6 Å². The number of nitrogens with one attached hydrogen (secondary N) is 1. The van der Waals surface area contributed by atoms with Gasteiger partial charge in [-0.1, -0.05) is 70.4 Å². The summed E-state index contributed by atoms with van der Waals surface area (Å²) in [4.78, 5) is 58.2. The molecule has 0 radical (unpaired) electrons. The van der Waals surface area contributed by atoms with Crippen LogP contribution in [0.3, 0.4) is 0 Å². The molecule has 1 aliphatic carbocycles. The minimum Gasteiger partial charge on any atom is -0.496 e. The Labute approximate surface area is 374 Å². The Hall–Kier alpha value is -5.17. The molecule has 1 unspecified atom stereocenters. The number of methoxy groups -OCH3 is 2. The zero-order chi connectivity index (χ0) is 45.1. The fourth-order valence-corrected chi connectivity index (χ4v) is 10.8. The average molecular weight is 880 g/mol. The molecule has 0 spiro atoms. The van der Waals surface area contributed by atoms with Gasteiger partial charge in [0.15, 0.2) is 0 Å². The fourth-order valence-electron chi connectivity index (χ4n) is 10.8. The number of benzene rings is 2. The van der Waals surface area contributed by atoms with Crippen LogP contribution in [0.1, 0.15) is 130 Å². The van der Waals surface area contributed by atoms with E-state index in [1.165, 1.54) is 80.7 Å². The van der Waals surface area contributed by atoms with Crippen molar-refractivity contribution in [3.8, 4) is 22.6 Å². The number of halogens is 2. The zero-order valence-electron chi connectivity index (χ0n) is 37.9. The summed E-state index contributed by atoms with van der Waals surface area (Å²) < 4.78 is 42.8. The number of imide groups is 1. The third-order valence-corrected chi connectivity index (χ3v) is 14.8. The first-order chi connectivity index (χ1) is 30.8. The fraction of sp³-hybridized carbons (Fsp3) is 0.549. The number of aromatic nitrogens is 2. The number of rotatable bonds is 16. The third kappa shape index (κ3) is 9.74. The van der Waals surface area contributed by atoms with Crippen LogP contribution in [0.4, 0.5) is 8.78 Å². The maximum atomic E-state index is 14.8. The third-order valence-electron chi connectivity index (χ3n) is 14.8. The van der Waals surface area contributed by atoms with Gasteiger partial charge < -0.3 is 18.9 Å². The lowest BCUT2D eigenvalue weighted by atomic mass is 9.77. The van der Waals surface area contributed by atoms with Gasteiger partial charge in [0.1, 0.15) is 23.2 Å². The molecule has 0 bridgehead atoms. The second-order valence-electron chi connectivity index (χ2n) is 18.8. The number of pyridine rings is 2. The molecule has 8 rings (SSSR count). The number of carbonyl (C=O) groups excluding carboxylic acids is 3. The second-order valence-corrected chi connectivity index (χ2v) is 18.8. The maximum Gasteiger partial charge on any atom is 0.289 e. The molecule has 1 saturated carbocycles. The highest BCUT2D eigenvalue weighted by Crippen LogP contribution is 2.41. The number of carbonyl (C=O) groups is 3. The van der Waals surface area contributed by atoms with Crippen molar-refractivity contribution in [2.45, 2.75) is 128 Å². The van der Waals surface area contributed by atoms with Gasteiger partial charge >= 0.3 is 0 Å². The lowest BCUT2D eigenvalue weighted by Crippen LogP contribution is -2.52. The molecule has 3 amide bonds. The topological polar surface area (TPSA) is 123 Å². The monoisotopic (exact) mass is 879 g/mol. The number of ether oxygens (including phenoxy) is 2. The summed E-state index contributed by atoms with van der Waals surface area (Å²) in [6, 6.07) is 10.7. The van der Waals surface area contributed by atoms with Gasteiger partial charge in [-0.3, -0.25) is 34.4 Å². The summed E-state index contributed by atoms with van der Waals surface area (Å²) >= 11 is 0. The molecule has 13 heteroatoms. The SMILES string of the molecule is CCC(F)(F)c1cc2c(-c3cc(OC)c(CN4CCC(CCCCC5CCC(CCc6ccc7c(c6)CN(C6CCC(=O)NC6=O)C7=O)CC5)CC4)c(OC)c3)cn(C)c(=O)c2cn1. The minimum absolute atomic E-state index is 0.115. The number of hydrogen-bond acceptors (Lipinski definition) is 8. The van der Waals surface area contributed by atoms with Gasteiger partial charge in [-0.05, 0) is 104 Å². The average Bonchev–Trinajstić information content (AvgIpc) is 3.63. The first kappa shape index (κ1) is 45.4. The molecule has 1 atom stereocenters. The van der Waals surface area contributed by atoms with Gasteiger partial charge in [0.2, 0.25) is 11.8 Å². The Balaban J connectivity index is 0.770. The lowest BCUT2D eigenvalue weighted by Gasteiger charge is -2.33. The van der Waals surface area contributed by atoms with E-state index in [1.54, 1.807) is 32.4 Å². The summed E-state index contributed by atoms with van der Waals surface area (Å²) in [6.07, 6.45) is 18.1. The van der Waals surface area contributed by atoms with Gasteiger partial charge in [-0.15, -0.1) is 0 Å². The molecule has 4 aromatic rings. The highest BCUT2D eigenvalue weighted by Gasteiger charge is 2.39. The number of unbranched alkanes of at least 4 members (excludes halogenated alkanes) is 1. The summed E-state index contributed by atoms with van der Waals surface area (Å²) in [6.45, 7) is 4.52. The Morgan fingerprint density at radius 1 is 0.812 bits per heavy atom.